The molecule has 0 fully saturated rings. The Balaban J connectivity index is 2.23. The molecule has 0 radical (unpaired) electrons. The topological polar surface area (TPSA) is 29.9 Å². The van der Waals surface area contributed by atoms with Crippen molar-refractivity contribution in [3.8, 4) is 11.3 Å². The number of aryl methyl sites for hydroxylation is 3. The van der Waals surface area contributed by atoms with Crippen molar-refractivity contribution in [3.63, 3.8) is 0 Å². The highest BCUT2D eigenvalue weighted by molar-refractivity contribution is 6.10. The Labute approximate surface area is 149 Å². The fourth-order valence-corrected chi connectivity index (χ4v) is 3.55. The van der Waals surface area contributed by atoms with Crippen molar-refractivity contribution in [1.29, 1.82) is 0 Å². The number of hydrogen-bond acceptors (Lipinski definition) is 2. The van der Waals surface area contributed by atoms with Crippen LogP contribution < -0.4 is 4.57 Å². The lowest BCUT2D eigenvalue weighted by atomic mass is 9.91. The Kier molecular flexibility index (Phi) is 3.34. The van der Waals surface area contributed by atoms with Gasteiger partial charge in [0, 0.05) is 30.0 Å². The van der Waals surface area contributed by atoms with Crippen molar-refractivity contribution in [1.82, 2.24) is 4.98 Å². The van der Waals surface area contributed by atoms with Gasteiger partial charge in [0.15, 0.2) is 11.8 Å². The summed E-state index contributed by atoms with van der Waals surface area (Å²) in [6, 6.07) is 12.3. The highest BCUT2D eigenvalue weighted by Crippen LogP contribution is 2.40. The van der Waals surface area contributed by atoms with Gasteiger partial charge in [-0.25, -0.2) is 9.55 Å². The first kappa shape index (κ1) is 14.6. The summed E-state index contributed by atoms with van der Waals surface area (Å²) in [6.45, 7) is 7.89. The minimum Gasteiger partial charge on any atom is -0.437 e. The van der Waals surface area contributed by atoms with Gasteiger partial charge in [-0.1, -0.05) is 19.9 Å². The molecule has 0 aliphatic carbocycles. The van der Waals surface area contributed by atoms with E-state index in [0.717, 1.165) is 44.4 Å². The van der Waals surface area contributed by atoms with Gasteiger partial charge in [0.05, 0.1) is 5.56 Å². The van der Waals surface area contributed by atoms with E-state index in [2.05, 4.69) is 34.7 Å². The quantitative estimate of drug-likeness (QED) is 0.471. The van der Waals surface area contributed by atoms with Crippen molar-refractivity contribution in [3.05, 3.63) is 59.4 Å². The van der Waals surface area contributed by atoms with Crippen molar-refractivity contribution < 1.29 is 10.4 Å². The molecule has 0 N–H and O–H groups in total. The molecule has 0 saturated carbocycles. The predicted octanol–water partition coefficient (Wildman–Crippen LogP) is 5.21. The van der Waals surface area contributed by atoms with Crippen LogP contribution in [0.15, 0.2) is 47.0 Å². The van der Waals surface area contributed by atoms with E-state index in [0.29, 0.717) is 5.71 Å². The first-order valence-electron chi connectivity index (χ1n) is 9.06. The van der Waals surface area contributed by atoms with Crippen LogP contribution in [0.5, 0.6) is 0 Å². The molecule has 0 unspecified atom stereocenters. The van der Waals surface area contributed by atoms with Gasteiger partial charge in [-0.3, -0.25) is 0 Å². The van der Waals surface area contributed by atoms with Crippen LogP contribution in [0.1, 0.15) is 37.9 Å². The predicted molar refractivity (Wildman–Crippen MR) is 102 cm³/mol. The van der Waals surface area contributed by atoms with Crippen molar-refractivity contribution in [2.24, 2.45) is 7.05 Å². The van der Waals surface area contributed by atoms with E-state index >= 15 is 0 Å². The summed E-state index contributed by atoms with van der Waals surface area (Å²) >= 11 is 0. The van der Waals surface area contributed by atoms with Crippen LogP contribution in [0.3, 0.4) is 0 Å². The maximum atomic E-state index is 8.66. The largest absolute Gasteiger partial charge is 0.437 e. The molecule has 0 spiro atoms. The molecule has 3 aromatic heterocycles. The lowest BCUT2D eigenvalue weighted by Crippen LogP contribution is -2.30. The third-order valence-corrected chi connectivity index (χ3v) is 4.80. The van der Waals surface area contributed by atoms with Crippen LogP contribution in [0, 0.1) is 13.8 Å². The molecular weight excluding hydrogens is 308 g/mol. The fourth-order valence-electron chi connectivity index (χ4n) is 3.55. The Morgan fingerprint density at radius 2 is 1.96 bits per heavy atom. The molecule has 0 aliphatic rings. The van der Waals surface area contributed by atoms with Crippen LogP contribution in [0.4, 0.5) is 0 Å². The molecule has 25 heavy (non-hydrogen) atoms. The molecular formula is C22H23N2O+. The minimum absolute atomic E-state index is 0.635. The van der Waals surface area contributed by atoms with E-state index in [9.17, 15) is 0 Å². The third-order valence-electron chi connectivity index (χ3n) is 4.80. The van der Waals surface area contributed by atoms with Gasteiger partial charge >= 0.3 is 0 Å². The van der Waals surface area contributed by atoms with E-state index in [4.69, 9.17) is 5.79 Å². The molecule has 4 aromatic rings. The molecule has 1 aromatic carbocycles. The van der Waals surface area contributed by atoms with E-state index in [1.54, 1.807) is 0 Å². The van der Waals surface area contributed by atoms with Crippen molar-refractivity contribution in [2.75, 3.05) is 0 Å². The molecule has 4 rings (SSSR count). The second-order valence-electron chi connectivity index (χ2n) is 6.92. The number of nitrogens with zero attached hydrogens (tertiary/aromatic N) is 2. The first-order chi connectivity index (χ1) is 12.3. The van der Waals surface area contributed by atoms with Crippen LogP contribution >= 0.6 is 0 Å². The SMILES string of the molecule is [2H]C(C)(C)c1cc(C)c(-c2cccc[n+]2C)c2oc3nc(C)ccc3c12. The number of furan rings is 1. The van der Waals surface area contributed by atoms with Gasteiger partial charge in [-0.05, 0) is 49.1 Å². The van der Waals surface area contributed by atoms with Crippen LogP contribution in [-0.2, 0) is 7.05 Å². The normalized spacial score (nSPS) is 12.8. The number of fused-ring (bicyclic) bond motifs is 3. The van der Waals surface area contributed by atoms with Gasteiger partial charge in [-0.2, -0.15) is 0 Å². The Bertz CT molecular complexity index is 1150. The van der Waals surface area contributed by atoms with Gasteiger partial charge in [0.2, 0.25) is 11.4 Å². The van der Waals surface area contributed by atoms with Crippen LogP contribution in [0.2, 0.25) is 0 Å². The number of hydrogen-bond donors (Lipinski definition) is 0. The second-order valence-corrected chi connectivity index (χ2v) is 6.92. The number of benzene rings is 1. The molecule has 0 saturated heterocycles. The number of pyridine rings is 2. The van der Waals surface area contributed by atoms with Crippen LogP contribution in [0.25, 0.3) is 33.3 Å². The zero-order valence-electron chi connectivity index (χ0n) is 16.3. The van der Waals surface area contributed by atoms with Crippen LogP contribution in [-0.4, -0.2) is 4.98 Å². The summed E-state index contributed by atoms with van der Waals surface area (Å²) in [5.41, 5.74) is 6.59. The summed E-state index contributed by atoms with van der Waals surface area (Å²) in [5.74, 6) is -0.734. The summed E-state index contributed by atoms with van der Waals surface area (Å²) in [5, 5.41) is 1.97. The summed E-state index contributed by atoms with van der Waals surface area (Å²) in [6.07, 6.45) is 2.04. The summed E-state index contributed by atoms with van der Waals surface area (Å²) in [4.78, 5) is 4.59. The van der Waals surface area contributed by atoms with E-state index < -0.39 is 5.89 Å². The highest BCUT2D eigenvalue weighted by Gasteiger charge is 2.24. The lowest BCUT2D eigenvalue weighted by molar-refractivity contribution is -0.660. The van der Waals surface area contributed by atoms with Gasteiger partial charge in [-0.15, -0.1) is 0 Å². The molecule has 3 nitrogen and oxygen atoms in total. The van der Waals surface area contributed by atoms with Gasteiger partial charge in [0.25, 0.3) is 0 Å². The summed E-state index contributed by atoms with van der Waals surface area (Å²) < 4.78 is 17.0. The molecule has 0 bridgehead atoms. The maximum absolute atomic E-state index is 8.66. The standard InChI is InChI=1S/C22H23N2O/c1-13(2)17-12-14(3)19(18-8-6-7-11-24(18)5)21-20(17)16-10-9-15(4)23-22(16)25-21/h6-13H,1-5H3/q+1/i13D. The van der Waals surface area contributed by atoms with E-state index in [1.807, 2.05) is 52.2 Å². The van der Waals surface area contributed by atoms with Gasteiger partial charge < -0.3 is 4.42 Å². The lowest BCUT2D eigenvalue weighted by Gasteiger charge is -2.12. The average molecular weight is 332 g/mol. The Morgan fingerprint density at radius 3 is 2.68 bits per heavy atom. The minimum atomic E-state index is -0.734. The Hall–Kier alpha value is -2.68. The molecule has 3 heteroatoms. The summed E-state index contributed by atoms with van der Waals surface area (Å²) in [7, 11) is 2.04. The van der Waals surface area contributed by atoms with Gasteiger partial charge in [0.1, 0.15) is 7.05 Å². The molecule has 3 heterocycles. The van der Waals surface area contributed by atoms with E-state index in [-0.39, 0.29) is 0 Å². The number of rotatable bonds is 2. The third kappa shape index (κ3) is 2.42. The monoisotopic (exact) mass is 332 g/mol. The zero-order valence-corrected chi connectivity index (χ0v) is 15.3. The van der Waals surface area contributed by atoms with Crippen molar-refractivity contribution in [2.45, 2.75) is 33.6 Å². The molecule has 0 amide bonds. The smallest absolute Gasteiger partial charge is 0.227 e. The molecule has 0 atom stereocenters. The van der Waals surface area contributed by atoms with E-state index in [1.165, 1.54) is 0 Å². The average Bonchev–Trinajstić information content (AvgIpc) is 2.92. The molecule has 126 valence electrons. The molecule has 0 aliphatic heterocycles. The highest BCUT2D eigenvalue weighted by atomic mass is 16.3. The van der Waals surface area contributed by atoms with Crippen molar-refractivity contribution >= 4 is 22.1 Å². The first-order valence-corrected chi connectivity index (χ1v) is 8.56. The second kappa shape index (κ2) is 5.69. The Morgan fingerprint density at radius 1 is 1.16 bits per heavy atom. The number of aromatic nitrogens is 2. The fraction of sp³-hybridized carbons (Fsp3) is 0.273. The zero-order chi connectivity index (χ0) is 18.6. The maximum Gasteiger partial charge on any atom is 0.227 e.